The molecule has 5 rings (SSSR count). The summed E-state index contributed by atoms with van der Waals surface area (Å²) in [6, 6.07) is 23.2. The number of thiazole rings is 1. The number of hydrogen-bond acceptors (Lipinski definition) is 4. The molecule has 0 radical (unpaired) electrons. The number of nitriles is 1. The van der Waals surface area contributed by atoms with Gasteiger partial charge < -0.3 is 4.40 Å². The summed E-state index contributed by atoms with van der Waals surface area (Å²) in [5.41, 5.74) is 3.39. The average molecular weight is 353 g/mol. The summed E-state index contributed by atoms with van der Waals surface area (Å²) in [5.74, 6) is -0.168. The highest BCUT2D eigenvalue weighted by atomic mass is 32.1. The molecule has 122 valence electrons. The van der Waals surface area contributed by atoms with E-state index in [9.17, 15) is 10.1 Å². The van der Waals surface area contributed by atoms with Crippen molar-refractivity contribution in [2.24, 2.45) is 0 Å². The van der Waals surface area contributed by atoms with E-state index in [-0.39, 0.29) is 5.78 Å². The SMILES string of the molecule is N#Cc1cc(C(=O)c2nc3ccccc3s2)n2c1ccc1ccccc12. The molecule has 0 aliphatic rings. The van der Waals surface area contributed by atoms with Crippen molar-refractivity contribution in [2.75, 3.05) is 0 Å². The first kappa shape index (κ1) is 14.8. The van der Waals surface area contributed by atoms with Crippen LogP contribution in [0.1, 0.15) is 21.1 Å². The van der Waals surface area contributed by atoms with Crippen LogP contribution in [0.3, 0.4) is 0 Å². The summed E-state index contributed by atoms with van der Waals surface area (Å²) in [7, 11) is 0. The summed E-state index contributed by atoms with van der Waals surface area (Å²) in [5, 5.41) is 10.9. The van der Waals surface area contributed by atoms with Gasteiger partial charge in [0.1, 0.15) is 6.07 Å². The number of para-hydroxylation sites is 2. The van der Waals surface area contributed by atoms with E-state index in [1.54, 1.807) is 6.07 Å². The Labute approximate surface area is 152 Å². The van der Waals surface area contributed by atoms with Crippen LogP contribution in [0.25, 0.3) is 26.6 Å². The van der Waals surface area contributed by atoms with E-state index in [4.69, 9.17) is 0 Å². The highest BCUT2D eigenvalue weighted by Crippen LogP contribution is 2.28. The quantitative estimate of drug-likeness (QED) is 0.428. The Kier molecular flexibility index (Phi) is 3.14. The number of carbonyl (C=O) groups is 1. The third kappa shape index (κ3) is 2.06. The molecule has 3 heterocycles. The van der Waals surface area contributed by atoms with Crippen LogP contribution in [0.2, 0.25) is 0 Å². The van der Waals surface area contributed by atoms with Gasteiger partial charge in [-0.15, -0.1) is 11.3 Å². The van der Waals surface area contributed by atoms with Crippen molar-refractivity contribution >= 4 is 43.8 Å². The van der Waals surface area contributed by atoms with Crippen LogP contribution in [0.15, 0.2) is 66.7 Å². The topological polar surface area (TPSA) is 58.2 Å². The molecule has 0 fully saturated rings. The third-order valence-corrected chi connectivity index (χ3v) is 5.51. The van der Waals surface area contributed by atoms with Crippen molar-refractivity contribution < 1.29 is 4.79 Å². The van der Waals surface area contributed by atoms with E-state index >= 15 is 0 Å². The Hall–Kier alpha value is -3.49. The number of nitrogens with zero attached hydrogens (tertiary/aromatic N) is 3. The Morgan fingerprint density at radius 2 is 1.81 bits per heavy atom. The second-order valence-corrected chi connectivity index (χ2v) is 7.01. The first-order valence-corrected chi connectivity index (χ1v) is 8.91. The van der Waals surface area contributed by atoms with Crippen molar-refractivity contribution in [1.82, 2.24) is 9.38 Å². The average Bonchev–Trinajstić information content (AvgIpc) is 3.29. The summed E-state index contributed by atoms with van der Waals surface area (Å²) in [4.78, 5) is 17.7. The molecular formula is C21H11N3OS. The highest BCUT2D eigenvalue weighted by Gasteiger charge is 2.21. The lowest BCUT2D eigenvalue weighted by atomic mass is 10.2. The summed E-state index contributed by atoms with van der Waals surface area (Å²) < 4.78 is 2.84. The van der Waals surface area contributed by atoms with E-state index in [0.29, 0.717) is 16.3 Å². The van der Waals surface area contributed by atoms with Gasteiger partial charge in [0, 0.05) is 0 Å². The zero-order chi connectivity index (χ0) is 17.7. The van der Waals surface area contributed by atoms with Gasteiger partial charge in [0.05, 0.1) is 32.5 Å². The largest absolute Gasteiger partial charge is 0.305 e. The third-order valence-electron chi connectivity index (χ3n) is 4.48. The van der Waals surface area contributed by atoms with Crippen LogP contribution in [0, 0.1) is 11.3 Å². The van der Waals surface area contributed by atoms with E-state index in [0.717, 1.165) is 26.6 Å². The Morgan fingerprint density at radius 3 is 2.65 bits per heavy atom. The van der Waals surface area contributed by atoms with E-state index in [1.165, 1.54) is 11.3 Å². The van der Waals surface area contributed by atoms with Gasteiger partial charge in [0.2, 0.25) is 5.78 Å². The fraction of sp³-hybridized carbons (Fsp3) is 0. The molecule has 0 spiro atoms. The van der Waals surface area contributed by atoms with Gasteiger partial charge in [0.15, 0.2) is 5.01 Å². The van der Waals surface area contributed by atoms with Gasteiger partial charge in [-0.05, 0) is 35.7 Å². The molecule has 0 amide bonds. The highest BCUT2D eigenvalue weighted by molar-refractivity contribution is 7.20. The number of rotatable bonds is 2. The molecule has 26 heavy (non-hydrogen) atoms. The van der Waals surface area contributed by atoms with Gasteiger partial charge in [-0.3, -0.25) is 4.79 Å². The lowest BCUT2D eigenvalue weighted by Gasteiger charge is -2.06. The van der Waals surface area contributed by atoms with E-state index < -0.39 is 0 Å². The fourth-order valence-corrected chi connectivity index (χ4v) is 4.20. The molecule has 4 nitrogen and oxygen atoms in total. The summed E-state index contributed by atoms with van der Waals surface area (Å²) in [6.45, 7) is 0. The second kappa shape index (κ2) is 5.51. The second-order valence-electron chi connectivity index (χ2n) is 5.98. The Bertz CT molecular complexity index is 1340. The van der Waals surface area contributed by atoms with Crippen LogP contribution in [0.5, 0.6) is 0 Å². The maximum Gasteiger partial charge on any atom is 0.238 e. The van der Waals surface area contributed by atoms with Crippen molar-refractivity contribution in [3.05, 3.63) is 83.0 Å². The number of hydrogen-bond donors (Lipinski definition) is 0. The molecule has 5 heteroatoms. The molecule has 0 unspecified atom stereocenters. The minimum absolute atomic E-state index is 0.168. The summed E-state index contributed by atoms with van der Waals surface area (Å²) in [6.07, 6.45) is 0. The lowest BCUT2D eigenvalue weighted by molar-refractivity contribution is 0.103. The standard InChI is InChI=1S/C21H11N3OS/c22-12-14-11-18(20(25)21-23-15-6-2-4-8-19(15)26-21)24-16-7-3-1-5-13(16)9-10-17(14)24/h1-11H. The molecule has 0 aliphatic carbocycles. The monoisotopic (exact) mass is 353 g/mol. The number of aromatic nitrogens is 2. The molecular weight excluding hydrogens is 342 g/mol. The van der Waals surface area contributed by atoms with Gasteiger partial charge in [-0.25, -0.2) is 4.98 Å². The maximum absolute atomic E-state index is 13.2. The number of ketones is 1. The Balaban J connectivity index is 1.81. The van der Waals surface area contributed by atoms with Crippen molar-refractivity contribution in [1.29, 1.82) is 5.26 Å². The molecule has 0 N–H and O–H groups in total. The first-order valence-electron chi connectivity index (χ1n) is 8.10. The zero-order valence-electron chi connectivity index (χ0n) is 13.5. The smallest absolute Gasteiger partial charge is 0.238 e. The van der Waals surface area contributed by atoms with Crippen molar-refractivity contribution in [3.8, 4) is 6.07 Å². The predicted molar refractivity (Wildman–Crippen MR) is 103 cm³/mol. The summed E-state index contributed by atoms with van der Waals surface area (Å²) >= 11 is 1.37. The molecule has 2 aromatic carbocycles. The Morgan fingerprint density at radius 1 is 1.00 bits per heavy atom. The van der Waals surface area contributed by atoms with Gasteiger partial charge in [0.25, 0.3) is 0 Å². The minimum Gasteiger partial charge on any atom is -0.305 e. The molecule has 0 aliphatic heterocycles. The molecule has 0 saturated carbocycles. The van der Waals surface area contributed by atoms with Crippen molar-refractivity contribution in [3.63, 3.8) is 0 Å². The lowest BCUT2D eigenvalue weighted by Crippen LogP contribution is -2.05. The zero-order valence-corrected chi connectivity index (χ0v) is 14.3. The molecule has 0 saturated heterocycles. The van der Waals surface area contributed by atoms with E-state index in [2.05, 4.69) is 11.1 Å². The number of pyridine rings is 1. The molecule has 0 bridgehead atoms. The normalized spacial score (nSPS) is 11.2. The molecule has 0 atom stereocenters. The minimum atomic E-state index is -0.168. The number of fused-ring (bicyclic) bond motifs is 4. The molecule has 5 aromatic rings. The number of carbonyl (C=O) groups excluding carboxylic acids is 1. The first-order chi connectivity index (χ1) is 12.8. The van der Waals surface area contributed by atoms with Gasteiger partial charge in [-0.1, -0.05) is 36.4 Å². The van der Waals surface area contributed by atoms with Crippen molar-refractivity contribution in [2.45, 2.75) is 0 Å². The predicted octanol–water partition coefficient (Wildman–Crippen LogP) is 4.80. The van der Waals surface area contributed by atoms with E-state index in [1.807, 2.05) is 65.1 Å². The van der Waals surface area contributed by atoms with Crippen LogP contribution in [-0.4, -0.2) is 15.2 Å². The van der Waals surface area contributed by atoms with Gasteiger partial charge >= 0.3 is 0 Å². The molecule has 3 aromatic heterocycles. The number of benzene rings is 2. The maximum atomic E-state index is 13.2. The van der Waals surface area contributed by atoms with Crippen LogP contribution in [-0.2, 0) is 0 Å². The van der Waals surface area contributed by atoms with Gasteiger partial charge in [-0.2, -0.15) is 5.26 Å². The van der Waals surface area contributed by atoms with Crippen LogP contribution < -0.4 is 0 Å². The van der Waals surface area contributed by atoms with Crippen LogP contribution in [0.4, 0.5) is 0 Å². The van der Waals surface area contributed by atoms with Crippen LogP contribution >= 0.6 is 11.3 Å². The fourth-order valence-electron chi connectivity index (χ4n) is 3.29.